The molecule has 2 N–H and O–H groups in total. The molecule has 0 radical (unpaired) electrons. The van der Waals surface area contributed by atoms with E-state index < -0.39 is 11.6 Å². The molecule has 1 aromatic rings. The standard InChI is InChI=1S/C14H20F2N2/c1-18(14-4-2-3-10(14)8-17)9-11-5-6-12(15)7-13(11)16/h5-7,10,14H,2-4,8-9,17H2,1H3. The zero-order valence-electron chi connectivity index (χ0n) is 10.7. The molecule has 2 unspecified atom stereocenters. The Balaban J connectivity index is 2.04. The molecule has 0 saturated heterocycles. The molecule has 1 saturated carbocycles. The van der Waals surface area contributed by atoms with E-state index in [1.807, 2.05) is 7.05 Å². The molecular weight excluding hydrogens is 234 g/mol. The van der Waals surface area contributed by atoms with Gasteiger partial charge in [-0.05, 0) is 38.4 Å². The minimum Gasteiger partial charge on any atom is -0.330 e. The van der Waals surface area contributed by atoms with Gasteiger partial charge in [-0.1, -0.05) is 12.5 Å². The molecular formula is C14H20F2N2. The van der Waals surface area contributed by atoms with Crippen LogP contribution in [0.25, 0.3) is 0 Å². The van der Waals surface area contributed by atoms with E-state index in [9.17, 15) is 8.78 Å². The maximum atomic E-state index is 13.6. The Kier molecular flexibility index (Phi) is 4.30. The van der Waals surface area contributed by atoms with Gasteiger partial charge >= 0.3 is 0 Å². The summed E-state index contributed by atoms with van der Waals surface area (Å²) in [5.74, 6) is -0.498. The van der Waals surface area contributed by atoms with Crippen LogP contribution in [0.15, 0.2) is 18.2 Å². The predicted octanol–water partition coefficient (Wildman–Crippen LogP) is 2.52. The molecule has 2 nitrogen and oxygen atoms in total. The molecule has 1 aliphatic carbocycles. The van der Waals surface area contributed by atoms with E-state index in [0.29, 0.717) is 30.6 Å². The third-order valence-corrected chi connectivity index (χ3v) is 3.92. The number of hydrogen-bond donors (Lipinski definition) is 1. The van der Waals surface area contributed by atoms with Gasteiger partial charge in [-0.25, -0.2) is 8.78 Å². The molecule has 2 atom stereocenters. The van der Waals surface area contributed by atoms with Crippen LogP contribution in [0.2, 0.25) is 0 Å². The minimum atomic E-state index is -0.528. The maximum absolute atomic E-state index is 13.6. The van der Waals surface area contributed by atoms with Crippen molar-refractivity contribution < 1.29 is 8.78 Å². The summed E-state index contributed by atoms with van der Waals surface area (Å²) in [5, 5.41) is 0. The van der Waals surface area contributed by atoms with Crippen LogP contribution in [0.3, 0.4) is 0 Å². The number of nitrogens with zero attached hydrogens (tertiary/aromatic N) is 1. The molecule has 1 aromatic carbocycles. The van der Waals surface area contributed by atoms with E-state index >= 15 is 0 Å². The van der Waals surface area contributed by atoms with Crippen molar-refractivity contribution in [1.29, 1.82) is 0 Å². The van der Waals surface area contributed by atoms with E-state index in [1.165, 1.54) is 18.6 Å². The van der Waals surface area contributed by atoms with Gasteiger partial charge in [0.05, 0.1) is 0 Å². The quantitative estimate of drug-likeness (QED) is 0.894. The van der Waals surface area contributed by atoms with Crippen molar-refractivity contribution in [3.8, 4) is 0 Å². The van der Waals surface area contributed by atoms with Crippen molar-refractivity contribution in [1.82, 2.24) is 4.90 Å². The van der Waals surface area contributed by atoms with E-state index in [-0.39, 0.29) is 0 Å². The van der Waals surface area contributed by atoms with Crippen molar-refractivity contribution in [3.63, 3.8) is 0 Å². The third-order valence-electron chi connectivity index (χ3n) is 3.92. The Morgan fingerprint density at radius 2 is 2.11 bits per heavy atom. The number of rotatable bonds is 4. The first kappa shape index (κ1) is 13.4. The van der Waals surface area contributed by atoms with Gasteiger partial charge in [0.25, 0.3) is 0 Å². The highest BCUT2D eigenvalue weighted by molar-refractivity contribution is 5.18. The van der Waals surface area contributed by atoms with Gasteiger partial charge in [0.1, 0.15) is 11.6 Å². The molecule has 1 aliphatic rings. The summed E-state index contributed by atoms with van der Waals surface area (Å²) >= 11 is 0. The van der Waals surface area contributed by atoms with Gasteiger partial charge < -0.3 is 5.73 Å². The van der Waals surface area contributed by atoms with E-state index in [4.69, 9.17) is 5.73 Å². The minimum absolute atomic E-state index is 0.416. The molecule has 100 valence electrons. The van der Waals surface area contributed by atoms with Gasteiger partial charge in [0.15, 0.2) is 0 Å². The van der Waals surface area contributed by atoms with Gasteiger partial charge in [-0.15, -0.1) is 0 Å². The largest absolute Gasteiger partial charge is 0.330 e. The zero-order chi connectivity index (χ0) is 13.1. The molecule has 1 fully saturated rings. The fraction of sp³-hybridized carbons (Fsp3) is 0.571. The highest BCUT2D eigenvalue weighted by atomic mass is 19.1. The topological polar surface area (TPSA) is 29.3 Å². The van der Waals surface area contributed by atoms with Crippen molar-refractivity contribution in [2.75, 3.05) is 13.6 Å². The van der Waals surface area contributed by atoms with Crippen molar-refractivity contribution >= 4 is 0 Å². The summed E-state index contributed by atoms with van der Waals surface area (Å²) in [6.07, 6.45) is 3.45. The Bertz CT molecular complexity index is 409. The van der Waals surface area contributed by atoms with E-state index in [0.717, 1.165) is 18.9 Å². The van der Waals surface area contributed by atoms with Gasteiger partial charge in [-0.3, -0.25) is 4.90 Å². The van der Waals surface area contributed by atoms with Crippen LogP contribution < -0.4 is 5.73 Å². The van der Waals surface area contributed by atoms with Crippen LogP contribution in [-0.4, -0.2) is 24.5 Å². The van der Waals surface area contributed by atoms with Gasteiger partial charge in [0.2, 0.25) is 0 Å². The SMILES string of the molecule is CN(Cc1ccc(F)cc1F)C1CCCC1CN. The lowest BCUT2D eigenvalue weighted by atomic mass is 10.0. The highest BCUT2D eigenvalue weighted by Crippen LogP contribution is 2.29. The summed E-state index contributed by atoms with van der Waals surface area (Å²) in [5.41, 5.74) is 6.30. The second-order valence-corrected chi connectivity index (χ2v) is 5.14. The van der Waals surface area contributed by atoms with Crippen molar-refractivity contribution in [2.45, 2.75) is 31.8 Å². The lowest BCUT2D eigenvalue weighted by Crippen LogP contribution is -2.37. The second kappa shape index (κ2) is 5.76. The average molecular weight is 254 g/mol. The monoisotopic (exact) mass is 254 g/mol. The van der Waals surface area contributed by atoms with Crippen LogP contribution >= 0.6 is 0 Å². The average Bonchev–Trinajstić information content (AvgIpc) is 2.81. The fourth-order valence-corrected chi connectivity index (χ4v) is 2.91. The number of nitrogens with two attached hydrogens (primary N) is 1. The summed E-state index contributed by atoms with van der Waals surface area (Å²) in [6.45, 7) is 1.19. The molecule has 0 bridgehead atoms. The van der Waals surface area contributed by atoms with Crippen LogP contribution in [0, 0.1) is 17.6 Å². The first-order valence-electron chi connectivity index (χ1n) is 6.46. The Morgan fingerprint density at radius 3 is 2.78 bits per heavy atom. The Hall–Kier alpha value is -1.00. The normalized spacial score (nSPS) is 23.8. The number of halogens is 2. The molecule has 0 aromatic heterocycles. The van der Waals surface area contributed by atoms with E-state index in [1.54, 1.807) is 0 Å². The zero-order valence-corrected chi connectivity index (χ0v) is 10.7. The van der Waals surface area contributed by atoms with Crippen LogP contribution in [0.4, 0.5) is 8.78 Å². The summed E-state index contributed by atoms with van der Waals surface area (Å²) in [4.78, 5) is 2.14. The summed E-state index contributed by atoms with van der Waals surface area (Å²) in [6, 6.07) is 4.19. The van der Waals surface area contributed by atoms with E-state index in [2.05, 4.69) is 4.90 Å². The lowest BCUT2D eigenvalue weighted by molar-refractivity contribution is 0.190. The Morgan fingerprint density at radius 1 is 1.33 bits per heavy atom. The summed E-state index contributed by atoms with van der Waals surface area (Å²) < 4.78 is 26.4. The smallest absolute Gasteiger partial charge is 0.130 e. The number of benzene rings is 1. The Labute approximate surface area is 107 Å². The van der Waals surface area contributed by atoms with Crippen LogP contribution in [-0.2, 0) is 6.54 Å². The second-order valence-electron chi connectivity index (χ2n) is 5.14. The fourth-order valence-electron chi connectivity index (χ4n) is 2.91. The van der Waals surface area contributed by atoms with Gasteiger partial charge in [0, 0.05) is 24.2 Å². The first-order valence-corrected chi connectivity index (χ1v) is 6.46. The molecule has 0 heterocycles. The van der Waals surface area contributed by atoms with Gasteiger partial charge in [-0.2, -0.15) is 0 Å². The molecule has 0 spiro atoms. The molecule has 4 heteroatoms. The van der Waals surface area contributed by atoms with Crippen molar-refractivity contribution in [3.05, 3.63) is 35.4 Å². The van der Waals surface area contributed by atoms with Crippen LogP contribution in [0.5, 0.6) is 0 Å². The highest BCUT2D eigenvalue weighted by Gasteiger charge is 2.29. The molecule has 0 aliphatic heterocycles. The van der Waals surface area contributed by atoms with Crippen LogP contribution in [0.1, 0.15) is 24.8 Å². The van der Waals surface area contributed by atoms with Crippen molar-refractivity contribution in [2.24, 2.45) is 11.7 Å². The first-order chi connectivity index (χ1) is 8.61. The number of hydrogen-bond acceptors (Lipinski definition) is 2. The molecule has 2 rings (SSSR count). The summed E-state index contributed by atoms with van der Waals surface area (Å²) in [7, 11) is 1.99. The predicted molar refractivity (Wildman–Crippen MR) is 68.0 cm³/mol. The molecule has 0 amide bonds. The molecule has 18 heavy (non-hydrogen) atoms. The lowest BCUT2D eigenvalue weighted by Gasteiger charge is -2.29. The third kappa shape index (κ3) is 2.87. The maximum Gasteiger partial charge on any atom is 0.130 e.